The normalized spacial score (nSPS) is 10.8. The van der Waals surface area contributed by atoms with Crippen molar-refractivity contribution in [1.82, 2.24) is 0 Å². The molecule has 2 N–H and O–H groups in total. The van der Waals surface area contributed by atoms with Gasteiger partial charge in [-0.2, -0.15) is 0 Å². The van der Waals surface area contributed by atoms with Crippen molar-refractivity contribution in [3.8, 4) is 0 Å². The van der Waals surface area contributed by atoms with Gasteiger partial charge in [-0.25, -0.2) is 0 Å². The summed E-state index contributed by atoms with van der Waals surface area (Å²) in [6.07, 6.45) is 1.03. The third-order valence-electron chi connectivity index (χ3n) is 3.40. The van der Waals surface area contributed by atoms with Crippen molar-refractivity contribution in [2.45, 2.75) is 27.2 Å². The summed E-state index contributed by atoms with van der Waals surface area (Å²) in [6.45, 7) is 6.31. The van der Waals surface area contributed by atoms with E-state index in [4.69, 9.17) is 5.73 Å². The van der Waals surface area contributed by atoms with Crippen molar-refractivity contribution >= 4 is 11.5 Å². The molecule has 0 atom stereocenters. The summed E-state index contributed by atoms with van der Waals surface area (Å²) in [4.78, 5) is 12.4. The van der Waals surface area contributed by atoms with Gasteiger partial charge < -0.3 is 5.73 Å². The number of hydrogen-bond acceptors (Lipinski definition) is 2. The summed E-state index contributed by atoms with van der Waals surface area (Å²) < 4.78 is 0. The number of aryl methyl sites for hydroxylation is 1. The molecule has 0 bridgehead atoms. The predicted molar refractivity (Wildman–Crippen MR) is 84.0 cm³/mol. The number of nitrogen functional groups attached to an aromatic ring is 1. The van der Waals surface area contributed by atoms with Gasteiger partial charge in [0.05, 0.1) is 0 Å². The Bertz CT molecular complexity index is 612. The number of benzene rings is 2. The molecule has 0 spiro atoms. The van der Waals surface area contributed by atoms with Gasteiger partial charge in [0, 0.05) is 16.8 Å². The molecule has 0 aliphatic carbocycles. The van der Waals surface area contributed by atoms with E-state index >= 15 is 0 Å². The van der Waals surface area contributed by atoms with Gasteiger partial charge in [-0.1, -0.05) is 50.2 Å². The van der Waals surface area contributed by atoms with Crippen molar-refractivity contribution in [3.63, 3.8) is 0 Å². The highest BCUT2D eigenvalue weighted by Crippen LogP contribution is 2.17. The van der Waals surface area contributed by atoms with Gasteiger partial charge in [-0.05, 0) is 36.5 Å². The van der Waals surface area contributed by atoms with E-state index in [1.807, 2.05) is 43.3 Å². The molecule has 0 amide bonds. The van der Waals surface area contributed by atoms with Gasteiger partial charge >= 0.3 is 0 Å². The number of carbonyl (C=O) groups excluding carboxylic acids is 1. The Hall–Kier alpha value is -2.09. The number of hydrogen-bond donors (Lipinski definition) is 1. The highest BCUT2D eigenvalue weighted by Gasteiger charge is 2.10. The molecule has 0 unspecified atom stereocenters. The van der Waals surface area contributed by atoms with E-state index in [1.54, 1.807) is 6.07 Å². The minimum atomic E-state index is 0.0211. The van der Waals surface area contributed by atoms with Crippen LogP contribution in [-0.4, -0.2) is 5.78 Å². The second kappa shape index (κ2) is 5.91. The van der Waals surface area contributed by atoms with Crippen molar-refractivity contribution < 1.29 is 4.79 Å². The highest BCUT2D eigenvalue weighted by molar-refractivity contribution is 6.09. The van der Waals surface area contributed by atoms with E-state index in [1.165, 1.54) is 5.56 Å². The Morgan fingerprint density at radius 2 is 1.65 bits per heavy atom. The lowest BCUT2D eigenvalue weighted by Gasteiger charge is -2.07. The van der Waals surface area contributed by atoms with Crippen LogP contribution in [0.25, 0.3) is 0 Å². The molecule has 2 heteroatoms. The van der Waals surface area contributed by atoms with Crippen LogP contribution in [-0.2, 0) is 6.42 Å². The SMILES string of the molecule is Cc1ccc(C(=O)c2ccc(CC(C)C)cc2)cc1N. The number of rotatable bonds is 4. The van der Waals surface area contributed by atoms with Crippen molar-refractivity contribution in [2.75, 3.05) is 5.73 Å². The molecule has 0 heterocycles. The first-order valence-electron chi connectivity index (χ1n) is 6.97. The lowest BCUT2D eigenvalue weighted by molar-refractivity contribution is 0.103. The van der Waals surface area contributed by atoms with Crippen LogP contribution in [0.4, 0.5) is 5.69 Å². The van der Waals surface area contributed by atoms with E-state index in [2.05, 4.69) is 13.8 Å². The maximum absolute atomic E-state index is 12.4. The molecule has 0 aliphatic heterocycles. The van der Waals surface area contributed by atoms with E-state index in [0.717, 1.165) is 12.0 Å². The standard InChI is InChI=1S/C18H21NO/c1-12(2)10-14-5-8-15(9-6-14)18(20)16-7-4-13(3)17(19)11-16/h4-9,11-12H,10,19H2,1-3H3. The lowest BCUT2D eigenvalue weighted by atomic mass is 9.98. The second-order valence-corrected chi connectivity index (χ2v) is 5.70. The lowest BCUT2D eigenvalue weighted by Crippen LogP contribution is -2.03. The first-order valence-corrected chi connectivity index (χ1v) is 6.97. The summed E-state index contributed by atoms with van der Waals surface area (Å²) in [7, 11) is 0. The van der Waals surface area contributed by atoms with Crippen LogP contribution in [0.5, 0.6) is 0 Å². The third kappa shape index (κ3) is 3.27. The molecule has 0 radical (unpaired) electrons. The molecule has 0 aromatic heterocycles. The number of ketones is 1. The Morgan fingerprint density at radius 1 is 1.05 bits per heavy atom. The summed E-state index contributed by atoms with van der Waals surface area (Å²) in [6, 6.07) is 13.3. The third-order valence-corrected chi connectivity index (χ3v) is 3.40. The number of carbonyl (C=O) groups is 1. The summed E-state index contributed by atoms with van der Waals surface area (Å²) in [5, 5.41) is 0. The molecule has 0 saturated heterocycles. The Kier molecular flexibility index (Phi) is 4.23. The topological polar surface area (TPSA) is 43.1 Å². The van der Waals surface area contributed by atoms with Crippen LogP contribution < -0.4 is 5.73 Å². The van der Waals surface area contributed by atoms with Gasteiger partial charge in [0.1, 0.15) is 0 Å². The molecule has 0 saturated carbocycles. The zero-order chi connectivity index (χ0) is 14.7. The van der Waals surface area contributed by atoms with Gasteiger partial charge in [-0.15, -0.1) is 0 Å². The molecule has 2 rings (SSSR count). The van der Waals surface area contributed by atoms with E-state index < -0.39 is 0 Å². The summed E-state index contributed by atoms with van der Waals surface area (Å²) in [5.41, 5.74) is 10.1. The van der Waals surface area contributed by atoms with Crippen molar-refractivity contribution in [2.24, 2.45) is 5.92 Å². The van der Waals surface area contributed by atoms with Crippen LogP contribution in [0.1, 0.15) is 40.9 Å². The van der Waals surface area contributed by atoms with Crippen molar-refractivity contribution in [1.29, 1.82) is 0 Å². The Morgan fingerprint density at radius 3 is 2.20 bits per heavy atom. The van der Waals surface area contributed by atoms with E-state index in [9.17, 15) is 4.79 Å². The Balaban J connectivity index is 2.22. The highest BCUT2D eigenvalue weighted by atomic mass is 16.1. The number of nitrogens with two attached hydrogens (primary N) is 1. The molecule has 104 valence electrons. The second-order valence-electron chi connectivity index (χ2n) is 5.70. The number of anilines is 1. The average molecular weight is 267 g/mol. The van der Waals surface area contributed by atoms with Gasteiger partial charge in [0.15, 0.2) is 5.78 Å². The molecule has 2 aromatic carbocycles. The fraction of sp³-hybridized carbons (Fsp3) is 0.278. The van der Waals surface area contributed by atoms with Gasteiger partial charge in [0.25, 0.3) is 0 Å². The van der Waals surface area contributed by atoms with Crippen LogP contribution in [0.2, 0.25) is 0 Å². The molecule has 20 heavy (non-hydrogen) atoms. The van der Waals surface area contributed by atoms with Gasteiger partial charge in [-0.3, -0.25) is 4.79 Å². The molecule has 0 fully saturated rings. The summed E-state index contributed by atoms with van der Waals surface area (Å²) >= 11 is 0. The van der Waals surface area contributed by atoms with Crippen LogP contribution in [0.15, 0.2) is 42.5 Å². The average Bonchev–Trinajstić information content (AvgIpc) is 2.41. The molecular formula is C18H21NO. The molecular weight excluding hydrogens is 246 g/mol. The molecule has 0 aliphatic rings. The predicted octanol–water partition coefficient (Wildman–Crippen LogP) is 4.01. The first kappa shape index (κ1) is 14.3. The smallest absolute Gasteiger partial charge is 0.193 e. The van der Waals surface area contributed by atoms with Gasteiger partial charge in [0.2, 0.25) is 0 Å². The monoisotopic (exact) mass is 267 g/mol. The zero-order valence-electron chi connectivity index (χ0n) is 12.3. The van der Waals surface area contributed by atoms with Crippen LogP contribution in [0, 0.1) is 12.8 Å². The molecule has 2 aromatic rings. The Labute approximate surface area is 120 Å². The molecule has 2 nitrogen and oxygen atoms in total. The maximum atomic E-state index is 12.4. The van der Waals surface area contributed by atoms with Crippen LogP contribution >= 0.6 is 0 Å². The first-order chi connectivity index (χ1) is 9.47. The van der Waals surface area contributed by atoms with E-state index in [-0.39, 0.29) is 5.78 Å². The zero-order valence-corrected chi connectivity index (χ0v) is 12.3. The fourth-order valence-electron chi connectivity index (χ4n) is 2.21. The van der Waals surface area contributed by atoms with Crippen molar-refractivity contribution in [3.05, 3.63) is 64.7 Å². The summed E-state index contributed by atoms with van der Waals surface area (Å²) in [5.74, 6) is 0.640. The quantitative estimate of drug-likeness (QED) is 0.672. The van der Waals surface area contributed by atoms with Crippen LogP contribution in [0.3, 0.4) is 0 Å². The van der Waals surface area contributed by atoms with E-state index in [0.29, 0.717) is 22.7 Å². The minimum Gasteiger partial charge on any atom is -0.398 e. The minimum absolute atomic E-state index is 0.0211. The maximum Gasteiger partial charge on any atom is 0.193 e. The fourth-order valence-corrected chi connectivity index (χ4v) is 2.21. The largest absolute Gasteiger partial charge is 0.398 e.